The Morgan fingerprint density at radius 1 is 0.299 bits per heavy atom. The minimum atomic E-state index is -0.514. The summed E-state index contributed by atoms with van der Waals surface area (Å²) < 4.78 is 0. The first kappa shape index (κ1) is 39.4. The van der Waals surface area contributed by atoms with Crippen LogP contribution in [0.5, 0.6) is 0 Å². The molecule has 0 saturated heterocycles. The molecule has 3 aliphatic rings. The zero-order valence-electron chi connectivity index (χ0n) is 38.0. The molecule has 1 heteroatoms. The Morgan fingerprint density at radius 3 is 1.45 bits per heavy atom. The molecule has 67 heavy (non-hydrogen) atoms. The fourth-order valence-electron chi connectivity index (χ4n) is 12.6. The van der Waals surface area contributed by atoms with E-state index < -0.39 is 5.41 Å². The third-order valence-corrected chi connectivity index (χ3v) is 15.7. The van der Waals surface area contributed by atoms with Gasteiger partial charge in [-0.2, -0.15) is 0 Å². The highest BCUT2D eigenvalue weighted by Crippen LogP contribution is 2.61. The van der Waals surface area contributed by atoms with Gasteiger partial charge in [-0.15, -0.1) is 0 Å². The highest BCUT2D eigenvalue weighted by molar-refractivity contribution is 5.99. The Bertz CT molecular complexity index is 3510. The van der Waals surface area contributed by atoms with Gasteiger partial charge in [0.05, 0.1) is 11.1 Å². The highest BCUT2D eigenvalue weighted by atomic mass is 15.1. The van der Waals surface area contributed by atoms with Gasteiger partial charge in [-0.3, -0.25) is 0 Å². The second-order valence-corrected chi connectivity index (χ2v) is 19.3. The molecule has 1 atom stereocenters. The maximum atomic E-state index is 2.53. The smallest absolute Gasteiger partial charge is 0.0714 e. The van der Waals surface area contributed by atoms with Crippen LogP contribution in [0, 0.1) is 0 Å². The lowest BCUT2D eigenvalue weighted by molar-refractivity contribution is 0.660. The molecule has 0 radical (unpaired) electrons. The van der Waals surface area contributed by atoms with E-state index >= 15 is 0 Å². The van der Waals surface area contributed by atoms with Crippen molar-refractivity contribution in [3.63, 3.8) is 0 Å². The van der Waals surface area contributed by atoms with Gasteiger partial charge in [0.15, 0.2) is 0 Å². The average Bonchev–Trinajstić information content (AvgIpc) is 3.94. The topological polar surface area (TPSA) is 3.24 Å². The second kappa shape index (κ2) is 14.8. The molecule has 0 heterocycles. The van der Waals surface area contributed by atoms with Gasteiger partial charge in [0.2, 0.25) is 0 Å². The van der Waals surface area contributed by atoms with Crippen LogP contribution >= 0.6 is 0 Å². The van der Waals surface area contributed by atoms with Crippen molar-refractivity contribution < 1.29 is 0 Å². The van der Waals surface area contributed by atoms with Crippen molar-refractivity contribution in [3.05, 3.63) is 293 Å². The lowest BCUT2D eigenvalue weighted by Gasteiger charge is -2.34. The maximum absolute atomic E-state index is 2.53. The van der Waals surface area contributed by atoms with Crippen LogP contribution in [0.25, 0.3) is 44.5 Å². The molecule has 10 aromatic carbocycles. The van der Waals surface area contributed by atoms with Crippen molar-refractivity contribution in [1.29, 1.82) is 0 Å². The molecule has 0 aromatic heterocycles. The van der Waals surface area contributed by atoms with Crippen LogP contribution < -0.4 is 4.90 Å². The van der Waals surface area contributed by atoms with E-state index in [1.807, 2.05) is 0 Å². The average molecular weight is 856 g/mol. The Balaban J connectivity index is 1.03. The quantitative estimate of drug-likeness (QED) is 0.154. The Morgan fingerprint density at radius 2 is 0.776 bits per heavy atom. The molecule has 1 unspecified atom stereocenters. The molecule has 0 N–H and O–H groups in total. The molecule has 318 valence electrons. The summed E-state index contributed by atoms with van der Waals surface area (Å²) in [5, 5.41) is 0. The number of anilines is 3. The van der Waals surface area contributed by atoms with Crippen molar-refractivity contribution in [2.75, 3.05) is 4.90 Å². The van der Waals surface area contributed by atoms with Crippen LogP contribution in [0.15, 0.2) is 243 Å². The molecule has 0 fully saturated rings. The summed E-state index contributed by atoms with van der Waals surface area (Å²) in [6.45, 7) is 7.16. The summed E-state index contributed by atoms with van der Waals surface area (Å²) >= 11 is 0. The third kappa shape index (κ3) is 5.49. The Hall–Kier alpha value is -8.00. The molecular weight excluding hydrogens is 807 g/mol. The minimum absolute atomic E-state index is 0.156. The summed E-state index contributed by atoms with van der Waals surface area (Å²) in [6, 6.07) is 90.8. The molecule has 3 aliphatic carbocycles. The number of rotatable bonds is 7. The van der Waals surface area contributed by atoms with Crippen molar-refractivity contribution in [2.24, 2.45) is 0 Å². The standard InChI is InChI=1S/C66H49N/c1-64(2)55-31-16-13-27-51(55)52-42-41-49(43-60(52)64)67(61-36-20-35-59-63(61)54-29-15-18-33-57(54)66(59,46-23-9-5-10-24-46)47-25-11-6-12-26-47)48-39-37-44(38-40-48)50-30-19-34-58-62(50)53-28-14-17-32-56(53)65(58,3)45-21-7-4-8-22-45/h4-43H,1-3H3. The summed E-state index contributed by atoms with van der Waals surface area (Å²) in [4.78, 5) is 2.53. The van der Waals surface area contributed by atoms with Crippen LogP contribution in [0.1, 0.15) is 70.8 Å². The number of fused-ring (bicyclic) bond motifs is 9. The van der Waals surface area contributed by atoms with E-state index in [1.54, 1.807) is 0 Å². The number of hydrogen-bond donors (Lipinski definition) is 0. The van der Waals surface area contributed by atoms with Gasteiger partial charge in [0.25, 0.3) is 0 Å². The van der Waals surface area contributed by atoms with Crippen LogP contribution in [-0.4, -0.2) is 0 Å². The number of benzene rings is 10. The summed E-state index contributed by atoms with van der Waals surface area (Å²) in [5.41, 5.74) is 24.6. The normalized spacial score (nSPS) is 16.3. The molecule has 0 spiro atoms. The largest absolute Gasteiger partial charge is 0.310 e. The van der Waals surface area contributed by atoms with E-state index in [0.29, 0.717) is 0 Å². The number of nitrogens with zero attached hydrogens (tertiary/aromatic N) is 1. The van der Waals surface area contributed by atoms with Crippen molar-refractivity contribution >= 4 is 17.1 Å². The van der Waals surface area contributed by atoms with Gasteiger partial charge >= 0.3 is 0 Å². The summed E-state index contributed by atoms with van der Waals surface area (Å²) in [6.07, 6.45) is 0. The minimum Gasteiger partial charge on any atom is -0.310 e. The van der Waals surface area contributed by atoms with Crippen molar-refractivity contribution in [1.82, 2.24) is 0 Å². The fraction of sp³-hybridized carbons (Fsp3) is 0.0909. The zero-order valence-corrected chi connectivity index (χ0v) is 38.0. The van der Waals surface area contributed by atoms with E-state index in [-0.39, 0.29) is 10.8 Å². The van der Waals surface area contributed by atoms with E-state index in [9.17, 15) is 0 Å². The first-order valence-electron chi connectivity index (χ1n) is 23.7. The SMILES string of the molecule is CC1(C)c2ccccc2-c2ccc(N(c3ccc(-c4cccc5c4-c4ccccc4C5(C)c4ccccc4)cc3)c3cccc4c3-c3ccccc3C4(c3ccccc3)c3ccccc3)cc21. The van der Waals surface area contributed by atoms with Gasteiger partial charge in [-0.05, 0) is 126 Å². The zero-order chi connectivity index (χ0) is 44.9. The fourth-order valence-corrected chi connectivity index (χ4v) is 12.6. The molecule has 0 aliphatic heterocycles. The molecule has 0 amide bonds. The molecular formula is C66H49N. The molecule has 1 nitrogen and oxygen atoms in total. The van der Waals surface area contributed by atoms with Crippen LogP contribution in [-0.2, 0) is 16.2 Å². The van der Waals surface area contributed by atoms with Crippen molar-refractivity contribution in [2.45, 2.75) is 37.0 Å². The third-order valence-electron chi connectivity index (χ3n) is 15.7. The van der Waals surface area contributed by atoms with Crippen LogP contribution in [0.4, 0.5) is 17.1 Å². The van der Waals surface area contributed by atoms with Gasteiger partial charge in [0.1, 0.15) is 0 Å². The first-order valence-corrected chi connectivity index (χ1v) is 23.7. The Kier molecular flexibility index (Phi) is 8.67. The molecule has 10 aromatic rings. The molecule has 0 bridgehead atoms. The summed E-state index contributed by atoms with van der Waals surface area (Å²) in [5.74, 6) is 0. The lowest BCUT2D eigenvalue weighted by atomic mass is 9.68. The highest BCUT2D eigenvalue weighted by Gasteiger charge is 2.48. The Labute approximate surface area is 394 Å². The summed E-state index contributed by atoms with van der Waals surface area (Å²) in [7, 11) is 0. The molecule has 0 saturated carbocycles. The second-order valence-electron chi connectivity index (χ2n) is 19.3. The maximum Gasteiger partial charge on any atom is 0.0714 e. The van der Waals surface area contributed by atoms with Crippen molar-refractivity contribution in [3.8, 4) is 44.5 Å². The number of hydrogen-bond acceptors (Lipinski definition) is 1. The van der Waals surface area contributed by atoms with E-state index in [1.165, 1.54) is 94.6 Å². The van der Waals surface area contributed by atoms with E-state index in [4.69, 9.17) is 0 Å². The van der Waals surface area contributed by atoms with Crippen LogP contribution in [0.2, 0.25) is 0 Å². The predicted octanol–water partition coefficient (Wildman–Crippen LogP) is 16.8. The van der Waals surface area contributed by atoms with Gasteiger partial charge in [-0.25, -0.2) is 0 Å². The lowest BCUT2D eigenvalue weighted by Crippen LogP contribution is -2.28. The van der Waals surface area contributed by atoms with Gasteiger partial charge in [0, 0.05) is 27.8 Å². The molecule has 13 rings (SSSR count). The van der Waals surface area contributed by atoms with Gasteiger partial charge < -0.3 is 4.90 Å². The van der Waals surface area contributed by atoms with E-state index in [2.05, 4.69) is 268 Å². The van der Waals surface area contributed by atoms with E-state index in [0.717, 1.165) is 17.1 Å². The monoisotopic (exact) mass is 855 g/mol. The van der Waals surface area contributed by atoms with Gasteiger partial charge in [-0.1, -0.05) is 226 Å². The van der Waals surface area contributed by atoms with Crippen LogP contribution in [0.3, 0.4) is 0 Å². The first-order chi connectivity index (χ1) is 32.9. The predicted molar refractivity (Wildman–Crippen MR) is 279 cm³/mol.